The Morgan fingerprint density at radius 2 is 2.23 bits per heavy atom. The van der Waals surface area contributed by atoms with Gasteiger partial charge in [0.2, 0.25) is 0 Å². The quantitative estimate of drug-likeness (QED) is 0.778. The molecular weight excluding hydrogens is 282 g/mol. The van der Waals surface area contributed by atoms with Crippen LogP contribution in [0.1, 0.15) is 12.5 Å². The minimum Gasteiger partial charge on any atom is -0.496 e. The topological polar surface area (TPSA) is 9.23 Å². The number of methoxy groups -OCH3 is 1. The monoisotopic (exact) mass is 293 g/mol. The molecule has 0 aromatic heterocycles. The van der Waals surface area contributed by atoms with Gasteiger partial charge in [-0.3, -0.25) is 4.39 Å². The van der Waals surface area contributed by atoms with Gasteiger partial charge in [0, 0.05) is 5.92 Å². The van der Waals surface area contributed by atoms with Crippen LogP contribution in [0.4, 0.5) is 4.39 Å². The maximum atomic E-state index is 12.3. The van der Waals surface area contributed by atoms with E-state index in [1.165, 1.54) is 0 Å². The standard InChI is InChI=1S/C10H11FIO/c1-7(6-11)8-3-4-9(12)10(5-8)13-2/h3-5H,6H2,1-2H3. The number of halogens is 2. The van der Waals surface area contributed by atoms with Crippen molar-refractivity contribution in [2.45, 2.75) is 6.92 Å². The molecule has 0 spiro atoms. The molecule has 1 aromatic carbocycles. The first kappa shape index (κ1) is 10.8. The predicted molar refractivity (Wildman–Crippen MR) is 59.7 cm³/mol. The first-order chi connectivity index (χ1) is 6.19. The molecule has 0 heterocycles. The Balaban J connectivity index is 2.99. The van der Waals surface area contributed by atoms with E-state index in [2.05, 4.69) is 22.6 Å². The third-order valence-electron chi connectivity index (χ3n) is 1.84. The molecule has 0 fully saturated rings. The summed E-state index contributed by atoms with van der Waals surface area (Å²) < 4.78 is 18.5. The molecule has 0 unspecified atom stereocenters. The van der Waals surface area contributed by atoms with Crippen LogP contribution in [0.5, 0.6) is 5.75 Å². The van der Waals surface area contributed by atoms with Gasteiger partial charge in [0.15, 0.2) is 0 Å². The lowest BCUT2D eigenvalue weighted by atomic mass is 10.0. The summed E-state index contributed by atoms with van der Waals surface area (Å²) in [7, 11) is 1.62. The van der Waals surface area contributed by atoms with Crippen molar-refractivity contribution < 1.29 is 9.13 Å². The molecule has 3 heteroatoms. The molecule has 0 N–H and O–H groups in total. The molecule has 0 atom stereocenters. The smallest absolute Gasteiger partial charge is 0.132 e. The first-order valence-corrected chi connectivity index (χ1v) is 4.99. The van der Waals surface area contributed by atoms with Gasteiger partial charge < -0.3 is 4.74 Å². The Hall–Kier alpha value is -0.320. The number of hydrogen-bond acceptors (Lipinski definition) is 1. The van der Waals surface area contributed by atoms with Crippen molar-refractivity contribution in [3.63, 3.8) is 0 Å². The van der Waals surface area contributed by atoms with Crippen molar-refractivity contribution in [1.29, 1.82) is 0 Å². The highest BCUT2D eigenvalue weighted by Gasteiger charge is 2.08. The van der Waals surface area contributed by atoms with Crippen LogP contribution in [-0.2, 0) is 0 Å². The molecule has 0 bridgehead atoms. The predicted octanol–water partition coefficient (Wildman–Crippen LogP) is 3.21. The molecule has 0 amide bonds. The normalized spacial score (nSPS) is 10.5. The van der Waals surface area contributed by atoms with Gasteiger partial charge in [-0.2, -0.15) is 0 Å². The second-order valence-electron chi connectivity index (χ2n) is 2.76. The van der Waals surface area contributed by atoms with Crippen molar-refractivity contribution in [2.24, 2.45) is 0 Å². The number of alkyl halides is 1. The molecule has 1 aromatic rings. The van der Waals surface area contributed by atoms with Gasteiger partial charge in [0.05, 0.1) is 17.4 Å². The van der Waals surface area contributed by atoms with Gasteiger partial charge in [0.25, 0.3) is 0 Å². The zero-order valence-electron chi connectivity index (χ0n) is 7.60. The van der Waals surface area contributed by atoms with Gasteiger partial charge in [-0.1, -0.05) is 13.0 Å². The second kappa shape index (κ2) is 4.79. The minimum absolute atomic E-state index is 0.413. The van der Waals surface area contributed by atoms with E-state index >= 15 is 0 Å². The summed E-state index contributed by atoms with van der Waals surface area (Å²) >= 11 is 2.18. The fourth-order valence-corrected chi connectivity index (χ4v) is 1.56. The van der Waals surface area contributed by atoms with Gasteiger partial charge in [-0.05, 0) is 40.3 Å². The largest absolute Gasteiger partial charge is 0.496 e. The third-order valence-corrected chi connectivity index (χ3v) is 2.74. The van der Waals surface area contributed by atoms with Crippen LogP contribution < -0.4 is 4.74 Å². The molecule has 71 valence electrons. The average Bonchev–Trinajstić information content (AvgIpc) is 2.17. The van der Waals surface area contributed by atoms with Crippen LogP contribution in [0.2, 0.25) is 0 Å². The molecule has 13 heavy (non-hydrogen) atoms. The molecule has 0 saturated heterocycles. The summed E-state index contributed by atoms with van der Waals surface area (Å²) in [5.74, 6) is 1.53. The van der Waals surface area contributed by atoms with Crippen molar-refractivity contribution >= 4 is 22.6 Å². The Morgan fingerprint density at radius 1 is 1.54 bits per heavy atom. The van der Waals surface area contributed by atoms with E-state index in [1.807, 2.05) is 18.2 Å². The highest BCUT2D eigenvalue weighted by atomic mass is 127. The third kappa shape index (κ3) is 2.56. The fraction of sp³-hybridized carbons (Fsp3) is 0.300. The van der Waals surface area contributed by atoms with Crippen LogP contribution in [0.3, 0.4) is 0 Å². The highest BCUT2D eigenvalue weighted by molar-refractivity contribution is 14.1. The summed E-state index contributed by atoms with van der Waals surface area (Å²) in [4.78, 5) is 0. The lowest BCUT2D eigenvalue weighted by Gasteiger charge is -2.09. The Morgan fingerprint density at radius 3 is 2.77 bits per heavy atom. The summed E-state index contributed by atoms with van der Waals surface area (Å²) in [5, 5.41) is 0. The van der Waals surface area contributed by atoms with E-state index in [0.29, 0.717) is 0 Å². The van der Waals surface area contributed by atoms with Crippen molar-refractivity contribution in [3.05, 3.63) is 33.3 Å². The lowest BCUT2D eigenvalue weighted by Crippen LogP contribution is -1.98. The van der Waals surface area contributed by atoms with Crippen molar-refractivity contribution in [1.82, 2.24) is 0 Å². The summed E-state index contributed by atoms with van der Waals surface area (Å²) in [6, 6.07) is 5.68. The first-order valence-electron chi connectivity index (χ1n) is 3.91. The highest BCUT2D eigenvalue weighted by Crippen LogP contribution is 2.25. The lowest BCUT2D eigenvalue weighted by molar-refractivity contribution is 0.411. The molecule has 0 aliphatic carbocycles. The molecule has 0 aliphatic rings. The number of hydrogen-bond donors (Lipinski definition) is 0. The van der Waals surface area contributed by atoms with E-state index in [-0.39, 0.29) is 0 Å². The van der Waals surface area contributed by atoms with Gasteiger partial charge in [0.1, 0.15) is 5.75 Å². The number of ether oxygens (including phenoxy) is 1. The van der Waals surface area contributed by atoms with Crippen molar-refractivity contribution in [3.8, 4) is 5.75 Å². The molecular formula is C10H11FIO. The molecule has 1 nitrogen and oxygen atoms in total. The van der Waals surface area contributed by atoms with E-state index in [4.69, 9.17) is 4.74 Å². The van der Waals surface area contributed by atoms with E-state index in [9.17, 15) is 4.39 Å². The van der Waals surface area contributed by atoms with Gasteiger partial charge in [-0.15, -0.1) is 0 Å². The summed E-state index contributed by atoms with van der Waals surface area (Å²) in [5.41, 5.74) is 0.903. The van der Waals surface area contributed by atoms with Crippen LogP contribution >= 0.6 is 22.6 Å². The van der Waals surface area contributed by atoms with Crippen LogP contribution in [0, 0.1) is 9.49 Å². The zero-order chi connectivity index (χ0) is 9.84. The van der Waals surface area contributed by atoms with Crippen LogP contribution in [0.15, 0.2) is 18.2 Å². The van der Waals surface area contributed by atoms with Crippen LogP contribution in [-0.4, -0.2) is 13.8 Å². The molecule has 0 aliphatic heterocycles. The molecule has 1 radical (unpaired) electrons. The van der Waals surface area contributed by atoms with Crippen molar-refractivity contribution in [2.75, 3.05) is 13.8 Å². The number of rotatable bonds is 3. The number of benzene rings is 1. The van der Waals surface area contributed by atoms with E-state index < -0.39 is 6.67 Å². The van der Waals surface area contributed by atoms with Crippen LogP contribution in [0.25, 0.3) is 0 Å². The maximum absolute atomic E-state index is 12.3. The SMILES string of the molecule is COc1cc([C](C)CF)ccc1I. The van der Waals surface area contributed by atoms with Gasteiger partial charge in [-0.25, -0.2) is 0 Å². The fourth-order valence-electron chi connectivity index (χ4n) is 1.00. The minimum atomic E-state index is -0.413. The maximum Gasteiger partial charge on any atom is 0.132 e. The van der Waals surface area contributed by atoms with E-state index in [1.54, 1.807) is 14.0 Å². The van der Waals surface area contributed by atoms with Gasteiger partial charge >= 0.3 is 0 Å². The summed E-state index contributed by atoms with van der Waals surface area (Å²) in [6.45, 7) is 1.37. The Kier molecular flexibility index (Phi) is 3.96. The average molecular weight is 293 g/mol. The molecule has 1 rings (SSSR count). The van der Waals surface area contributed by atoms with E-state index in [0.717, 1.165) is 20.8 Å². The zero-order valence-corrected chi connectivity index (χ0v) is 9.76. The second-order valence-corrected chi connectivity index (χ2v) is 3.93. The Bertz CT molecular complexity index is 288. The Labute approximate surface area is 91.4 Å². The summed E-state index contributed by atoms with van der Waals surface area (Å²) in [6.07, 6.45) is 0. The molecule has 0 saturated carbocycles.